The highest BCUT2D eigenvalue weighted by molar-refractivity contribution is 7.80. The summed E-state index contributed by atoms with van der Waals surface area (Å²) in [5.41, 5.74) is 1.76. The van der Waals surface area contributed by atoms with E-state index in [1.165, 1.54) is 0 Å². The molecular weight excluding hydrogens is 200 g/mol. The van der Waals surface area contributed by atoms with Crippen molar-refractivity contribution < 1.29 is 4.79 Å². The average molecular weight is 208 g/mol. The van der Waals surface area contributed by atoms with Gasteiger partial charge >= 0.3 is 0 Å². The van der Waals surface area contributed by atoms with Gasteiger partial charge < -0.3 is 0 Å². The summed E-state index contributed by atoms with van der Waals surface area (Å²) in [5, 5.41) is 3.00. The summed E-state index contributed by atoms with van der Waals surface area (Å²) in [5.74, 6) is 0. The van der Waals surface area contributed by atoms with Crippen LogP contribution < -0.4 is 0 Å². The number of thiol groups is 1. The molecule has 13 heavy (non-hydrogen) atoms. The molecule has 0 saturated carbocycles. The Hall–Kier alpha value is -0.800. The van der Waals surface area contributed by atoms with Crippen molar-refractivity contribution >= 4 is 40.3 Å². The fourth-order valence-electron chi connectivity index (χ4n) is 1.38. The van der Waals surface area contributed by atoms with Crippen molar-refractivity contribution in [2.24, 2.45) is 0 Å². The highest BCUT2D eigenvalue weighted by Gasteiger charge is 2.07. The minimum Gasteiger partial charge on any atom is -0.298 e. The van der Waals surface area contributed by atoms with Crippen LogP contribution in [0.15, 0.2) is 22.4 Å². The van der Waals surface area contributed by atoms with Crippen molar-refractivity contribution in [3.63, 3.8) is 0 Å². The van der Waals surface area contributed by atoms with Crippen molar-refractivity contribution in [2.45, 2.75) is 11.8 Å². The summed E-state index contributed by atoms with van der Waals surface area (Å²) in [6.07, 6.45) is 0.879. The zero-order valence-corrected chi connectivity index (χ0v) is 8.78. The molecule has 2 aromatic rings. The highest BCUT2D eigenvalue weighted by atomic mass is 32.1. The molecule has 66 valence electrons. The molecule has 0 fully saturated rings. The van der Waals surface area contributed by atoms with Gasteiger partial charge in [0.05, 0.1) is 0 Å². The van der Waals surface area contributed by atoms with Crippen LogP contribution >= 0.6 is 24.0 Å². The predicted molar refractivity (Wildman–Crippen MR) is 59.2 cm³/mol. The molecular formula is C10H8OS2. The zero-order valence-electron chi connectivity index (χ0n) is 7.07. The maximum absolute atomic E-state index is 10.8. The van der Waals surface area contributed by atoms with Gasteiger partial charge in [-0.1, -0.05) is 0 Å². The van der Waals surface area contributed by atoms with Crippen LogP contribution in [0.5, 0.6) is 0 Å². The monoisotopic (exact) mass is 208 g/mol. The van der Waals surface area contributed by atoms with Crippen LogP contribution in [-0.4, -0.2) is 6.29 Å². The molecule has 0 radical (unpaired) electrons. The molecule has 0 saturated heterocycles. The van der Waals surface area contributed by atoms with E-state index in [2.05, 4.69) is 18.7 Å². The Labute approximate surface area is 85.8 Å². The zero-order chi connectivity index (χ0) is 9.42. The predicted octanol–water partition coefficient (Wildman–Crippen LogP) is 3.31. The van der Waals surface area contributed by atoms with E-state index in [0.29, 0.717) is 5.56 Å². The number of carbonyl (C=O) groups excluding carboxylic acids is 1. The molecule has 1 aromatic heterocycles. The number of fused-ring (bicyclic) bond motifs is 1. The van der Waals surface area contributed by atoms with E-state index in [0.717, 1.165) is 26.8 Å². The van der Waals surface area contributed by atoms with Crippen molar-refractivity contribution in [3.05, 3.63) is 28.6 Å². The Bertz CT molecular complexity index is 471. The van der Waals surface area contributed by atoms with Gasteiger partial charge in [-0.2, -0.15) is 0 Å². The van der Waals surface area contributed by atoms with E-state index in [4.69, 9.17) is 0 Å². The van der Waals surface area contributed by atoms with E-state index in [9.17, 15) is 4.79 Å². The number of hydrogen-bond donors (Lipinski definition) is 1. The third-order valence-electron chi connectivity index (χ3n) is 2.08. The smallest absolute Gasteiger partial charge is 0.151 e. The lowest BCUT2D eigenvalue weighted by molar-refractivity contribution is 0.112. The van der Waals surface area contributed by atoms with Gasteiger partial charge in [0.2, 0.25) is 0 Å². The van der Waals surface area contributed by atoms with Crippen LogP contribution in [0.4, 0.5) is 0 Å². The molecule has 0 bridgehead atoms. The van der Waals surface area contributed by atoms with Crippen molar-refractivity contribution in [1.29, 1.82) is 0 Å². The number of thiophene rings is 1. The van der Waals surface area contributed by atoms with Crippen LogP contribution in [0, 0.1) is 6.92 Å². The lowest BCUT2D eigenvalue weighted by Crippen LogP contribution is -1.87. The van der Waals surface area contributed by atoms with Crippen molar-refractivity contribution in [3.8, 4) is 0 Å². The fourth-order valence-corrected chi connectivity index (χ4v) is 2.52. The Balaban J connectivity index is 2.95. The second-order valence-corrected chi connectivity index (χ2v) is 4.30. The minimum atomic E-state index is 0.708. The maximum atomic E-state index is 10.8. The summed E-state index contributed by atoms with van der Waals surface area (Å²) in [4.78, 5) is 11.6. The van der Waals surface area contributed by atoms with Gasteiger partial charge in [0.25, 0.3) is 0 Å². The summed E-state index contributed by atoms with van der Waals surface area (Å²) >= 11 is 5.96. The SMILES string of the molecule is Cc1cc2sccc2c(C=O)c1S. The van der Waals surface area contributed by atoms with E-state index < -0.39 is 0 Å². The van der Waals surface area contributed by atoms with Gasteiger partial charge in [-0.25, -0.2) is 0 Å². The summed E-state index contributed by atoms with van der Waals surface area (Å²) in [6, 6.07) is 4.03. The Kier molecular flexibility index (Phi) is 2.14. The molecule has 1 heterocycles. The van der Waals surface area contributed by atoms with Crippen LogP contribution in [-0.2, 0) is 0 Å². The molecule has 3 heteroatoms. The largest absolute Gasteiger partial charge is 0.298 e. The number of rotatable bonds is 1. The van der Waals surface area contributed by atoms with E-state index in [-0.39, 0.29) is 0 Å². The third kappa shape index (κ3) is 1.28. The number of aryl methyl sites for hydroxylation is 1. The lowest BCUT2D eigenvalue weighted by atomic mass is 10.1. The van der Waals surface area contributed by atoms with E-state index >= 15 is 0 Å². The van der Waals surface area contributed by atoms with Gasteiger partial charge in [0.15, 0.2) is 6.29 Å². The molecule has 0 aliphatic carbocycles. The topological polar surface area (TPSA) is 17.1 Å². The first-order valence-corrected chi connectivity index (χ1v) is 5.21. The molecule has 0 spiro atoms. The number of aldehydes is 1. The van der Waals surface area contributed by atoms with Crippen LogP contribution in [0.25, 0.3) is 10.1 Å². The van der Waals surface area contributed by atoms with Crippen LogP contribution in [0.3, 0.4) is 0 Å². The van der Waals surface area contributed by atoms with Crippen LogP contribution in [0.2, 0.25) is 0 Å². The molecule has 0 unspecified atom stereocenters. The molecule has 0 amide bonds. The second-order valence-electron chi connectivity index (χ2n) is 2.91. The van der Waals surface area contributed by atoms with Gasteiger partial charge in [-0.3, -0.25) is 4.79 Å². The number of benzene rings is 1. The van der Waals surface area contributed by atoms with E-state index in [1.807, 2.05) is 18.4 Å². The fraction of sp³-hybridized carbons (Fsp3) is 0.100. The van der Waals surface area contributed by atoms with Gasteiger partial charge in [-0.05, 0) is 30.0 Å². The quantitative estimate of drug-likeness (QED) is 0.562. The summed E-state index contributed by atoms with van der Waals surface area (Å²) in [7, 11) is 0. The molecule has 0 aliphatic heterocycles. The molecule has 1 nitrogen and oxygen atoms in total. The molecule has 0 N–H and O–H groups in total. The van der Waals surface area contributed by atoms with Crippen molar-refractivity contribution in [1.82, 2.24) is 0 Å². The summed E-state index contributed by atoms with van der Waals surface area (Å²) < 4.78 is 1.15. The van der Waals surface area contributed by atoms with Gasteiger partial charge in [-0.15, -0.1) is 24.0 Å². The van der Waals surface area contributed by atoms with Gasteiger partial charge in [0, 0.05) is 20.5 Å². The minimum absolute atomic E-state index is 0.708. The first kappa shape index (κ1) is 8.78. The first-order chi connectivity index (χ1) is 6.24. The van der Waals surface area contributed by atoms with Crippen molar-refractivity contribution in [2.75, 3.05) is 0 Å². The van der Waals surface area contributed by atoms with Crippen LogP contribution in [0.1, 0.15) is 15.9 Å². The standard InChI is InChI=1S/C10H8OS2/c1-6-4-9-7(2-3-13-9)8(5-11)10(6)12/h2-5,12H,1H3. The molecule has 2 rings (SSSR count). The lowest BCUT2D eigenvalue weighted by Gasteiger charge is -2.03. The Morgan fingerprint density at radius 3 is 3.00 bits per heavy atom. The molecule has 0 atom stereocenters. The first-order valence-electron chi connectivity index (χ1n) is 3.89. The van der Waals surface area contributed by atoms with Gasteiger partial charge in [0.1, 0.15) is 0 Å². The average Bonchev–Trinajstić information content (AvgIpc) is 2.54. The molecule has 0 aliphatic rings. The Morgan fingerprint density at radius 2 is 2.31 bits per heavy atom. The highest BCUT2D eigenvalue weighted by Crippen LogP contribution is 2.30. The number of carbonyl (C=O) groups is 1. The Morgan fingerprint density at radius 1 is 1.54 bits per heavy atom. The van der Waals surface area contributed by atoms with E-state index in [1.54, 1.807) is 11.3 Å². The normalized spacial score (nSPS) is 10.6. The molecule has 1 aromatic carbocycles. The number of hydrogen-bond acceptors (Lipinski definition) is 3. The second kappa shape index (κ2) is 3.16. The summed E-state index contributed by atoms with van der Waals surface area (Å²) in [6.45, 7) is 1.97. The maximum Gasteiger partial charge on any atom is 0.151 e. The third-order valence-corrected chi connectivity index (χ3v) is 3.54.